The highest BCUT2D eigenvalue weighted by Crippen LogP contribution is 2.28. The van der Waals surface area contributed by atoms with Gasteiger partial charge in [-0.1, -0.05) is 15.9 Å². The van der Waals surface area contributed by atoms with Crippen LogP contribution < -0.4 is 10.0 Å². The van der Waals surface area contributed by atoms with Gasteiger partial charge in [0.25, 0.3) is 10.0 Å². The van der Waals surface area contributed by atoms with Gasteiger partial charge in [0.1, 0.15) is 4.90 Å². The molecule has 0 aliphatic heterocycles. The average Bonchev–Trinajstić information content (AvgIpc) is 2.69. The van der Waals surface area contributed by atoms with E-state index in [1.165, 1.54) is 11.3 Å². The number of halogens is 1. The second-order valence-corrected chi connectivity index (χ2v) is 8.69. The summed E-state index contributed by atoms with van der Waals surface area (Å²) < 4.78 is 28.5. The largest absolute Gasteiger partial charge is 0.315 e. The maximum absolute atomic E-state index is 12.5. The van der Waals surface area contributed by atoms with Crippen LogP contribution in [0, 0.1) is 13.8 Å². The number of rotatable bonds is 5. The molecule has 4 nitrogen and oxygen atoms in total. The summed E-state index contributed by atoms with van der Waals surface area (Å²) in [5, 5.41) is 3.03. The number of thiophene rings is 1. The van der Waals surface area contributed by atoms with Crippen molar-refractivity contribution >= 4 is 43.0 Å². The van der Waals surface area contributed by atoms with E-state index in [2.05, 4.69) is 26.0 Å². The molecule has 0 spiro atoms. The molecule has 114 valence electrons. The molecule has 0 aliphatic rings. The lowest BCUT2D eigenvalue weighted by Gasteiger charge is -2.09. The van der Waals surface area contributed by atoms with E-state index in [0.29, 0.717) is 17.1 Å². The van der Waals surface area contributed by atoms with Gasteiger partial charge in [-0.2, -0.15) is 0 Å². The SMILES string of the molecule is CNCc1cc(S(=O)(=O)Nc2cc(C)cc(Br)c2)c(C)s1. The highest BCUT2D eigenvalue weighted by molar-refractivity contribution is 9.10. The summed E-state index contributed by atoms with van der Waals surface area (Å²) in [7, 11) is -1.72. The monoisotopic (exact) mass is 388 g/mol. The first-order chi connectivity index (χ1) is 9.81. The minimum absolute atomic E-state index is 0.343. The number of nitrogens with one attached hydrogen (secondary N) is 2. The van der Waals surface area contributed by atoms with Crippen LogP contribution in [-0.4, -0.2) is 15.5 Å². The number of benzene rings is 1. The van der Waals surface area contributed by atoms with E-state index < -0.39 is 10.0 Å². The predicted molar refractivity (Wildman–Crippen MR) is 91.5 cm³/mol. The topological polar surface area (TPSA) is 58.2 Å². The summed E-state index contributed by atoms with van der Waals surface area (Å²) in [5.74, 6) is 0. The van der Waals surface area contributed by atoms with Gasteiger partial charge in [0.2, 0.25) is 0 Å². The maximum Gasteiger partial charge on any atom is 0.263 e. The van der Waals surface area contributed by atoms with Gasteiger partial charge in [-0.15, -0.1) is 11.3 Å². The molecular weight excluding hydrogens is 372 g/mol. The van der Waals surface area contributed by atoms with Crippen LogP contribution in [0.1, 0.15) is 15.3 Å². The Morgan fingerprint density at radius 2 is 1.90 bits per heavy atom. The molecule has 0 saturated heterocycles. The highest BCUT2D eigenvalue weighted by Gasteiger charge is 2.20. The third-order valence-electron chi connectivity index (χ3n) is 2.86. The van der Waals surface area contributed by atoms with Crippen LogP contribution in [-0.2, 0) is 16.6 Å². The maximum atomic E-state index is 12.5. The number of hydrogen-bond acceptors (Lipinski definition) is 4. The van der Waals surface area contributed by atoms with Crippen molar-refractivity contribution < 1.29 is 8.42 Å². The molecule has 0 aliphatic carbocycles. The van der Waals surface area contributed by atoms with Crippen LogP contribution in [0.2, 0.25) is 0 Å². The second-order valence-electron chi connectivity index (χ2n) is 4.79. The van der Waals surface area contributed by atoms with Crippen LogP contribution in [0.25, 0.3) is 0 Å². The van der Waals surface area contributed by atoms with Crippen LogP contribution in [0.3, 0.4) is 0 Å². The Bertz CT molecular complexity index is 734. The van der Waals surface area contributed by atoms with Crippen LogP contribution in [0.15, 0.2) is 33.6 Å². The second kappa shape index (κ2) is 6.48. The number of hydrogen-bond donors (Lipinski definition) is 2. The van der Waals surface area contributed by atoms with Crippen molar-refractivity contribution in [2.24, 2.45) is 0 Å². The zero-order chi connectivity index (χ0) is 15.6. The molecule has 0 saturated carbocycles. The van der Waals surface area contributed by atoms with Crippen molar-refractivity contribution in [1.29, 1.82) is 0 Å². The first kappa shape index (κ1) is 16.5. The smallest absolute Gasteiger partial charge is 0.263 e. The van der Waals surface area contributed by atoms with Gasteiger partial charge in [-0.25, -0.2) is 8.42 Å². The van der Waals surface area contributed by atoms with Crippen molar-refractivity contribution in [2.45, 2.75) is 25.3 Å². The standard InChI is InChI=1S/C14H17BrN2O2S2/c1-9-4-11(15)6-12(5-9)17-21(18,19)14-7-13(8-16-3)20-10(14)2/h4-7,16-17H,8H2,1-3H3. The lowest BCUT2D eigenvalue weighted by atomic mass is 10.2. The Balaban J connectivity index is 2.33. The third kappa shape index (κ3) is 4.06. The van der Waals surface area contributed by atoms with E-state index in [1.54, 1.807) is 18.2 Å². The van der Waals surface area contributed by atoms with Gasteiger partial charge in [-0.05, 0) is 50.7 Å². The van der Waals surface area contributed by atoms with Gasteiger partial charge < -0.3 is 5.32 Å². The molecule has 1 aromatic heterocycles. The lowest BCUT2D eigenvalue weighted by molar-refractivity contribution is 0.601. The fraction of sp³-hybridized carbons (Fsp3) is 0.286. The molecule has 0 unspecified atom stereocenters. The Hall–Kier alpha value is -0.890. The average molecular weight is 389 g/mol. The summed E-state index contributed by atoms with van der Waals surface area (Å²) in [6.07, 6.45) is 0. The zero-order valence-electron chi connectivity index (χ0n) is 12.0. The van der Waals surface area contributed by atoms with E-state index in [1.807, 2.05) is 27.0 Å². The Kier molecular flexibility index (Phi) is 5.08. The van der Waals surface area contributed by atoms with Gasteiger partial charge >= 0.3 is 0 Å². The molecule has 0 bridgehead atoms. The zero-order valence-corrected chi connectivity index (χ0v) is 15.2. The van der Waals surface area contributed by atoms with Gasteiger partial charge in [-0.3, -0.25) is 4.72 Å². The summed E-state index contributed by atoms with van der Waals surface area (Å²) >= 11 is 4.87. The summed E-state index contributed by atoms with van der Waals surface area (Å²) in [4.78, 5) is 2.13. The van der Waals surface area contributed by atoms with Crippen LogP contribution >= 0.6 is 27.3 Å². The van der Waals surface area contributed by atoms with Crippen molar-refractivity contribution in [3.8, 4) is 0 Å². The molecule has 0 amide bonds. The van der Waals surface area contributed by atoms with Crippen LogP contribution in [0.5, 0.6) is 0 Å². The molecule has 7 heteroatoms. The van der Waals surface area contributed by atoms with Crippen LogP contribution in [0.4, 0.5) is 5.69 Å². The summed E-state index contributed by atoms with van der Waals surface area (Å²) in [6, 6.07) is 7.21. The molecule has 0 fully saturated rings. The molecule has 0 atom stereocenters. The Morgan fingerprint density at radius 3 is 2.52 bits per heavy atom. The molecule has 2 rings (SSSR count). The minimum atomic E-state index is -3.56. The van der Waals surface area contributed by atoms with Gasteiger partial charge in [0, 0.05) is 20.8 Å². The van der Waals surface area contributed by atoms with E-state index >= 15 is 0 Å². The molecule has 0 radical (unpaired) electrons. The van der Waals surface area contributed by atoms with Gasteiger partial charge in [0.05, 0.1) is 5.69 Å². The van der Waals surface area contributed by atoms with E-state index in [4.69, 9.17) is 0 Å². The number of anilines is 1. The van der Waals surface area contributed by atoms with Crippen molar-refractivity contribution in [1.82, 2.24) is 5.32 Å². The lowest BCUT2D eigenvalue weighted by Crippen LogP contribution is -2.13. The highest BCUT2D eigenvalue weighted by atomic mass is 79.9. The fourth-order valence-corrected chi connectivity index (χ4v) is 5.35. The Morgan fingerprint density at radius 1 is 1.19 bits per heavy atom. The molecular formula is C14H17BrN2O2S2. The van der Waals surface area contributed by atoms with Crippen molar-refractivity contribution in [2.75, 3.05) is 11.8 Å². The molecule has 1 aromatic carbocycles. The van der Waals surface area contributed by atoms with Crippen molar-refractivity contribution in [3.05, 3.63) is 44.1 Å². The van der Waals surface area contributed by atoms with Gasteiger partial charge in [0.15, 0.2) is 0 Å². The first-order valence-electron chi connectivity index (χ1n) is 6.36. The molecule has 1 heterocycles. The van der Waals surface area contributed by atoms with Crippen molar-refractivity contribution in [3.63, 3.8) is 0 Å². The normalized spacial score (nSPS) is 11.6. The third-order valence-corrected chi connectivity index (χ3v) is 6.00. The number of aryl methyl sites for hydroxylation is 2. The van der Waals surface area contributed by atoms with E-state index in [-0.39, 0.29) is 0 Å². The fourth-order valence-electron chi connectivity index (χ4n) is 2.06. The molecule has 2 N–H and O–H groups in total. The summed E-state index contributed by atoms with van der Waals surface area (Å²) in [5.41, 5.74) is 1.54. The molecule has 2 aromatic rings. The minimum Gasteiger partial charge on any atom is -0.315 e. The Labute approximate surface area is 137 Å². The van der Waals surface area contributed by atoms with E-state index in [9.17, 15) is 8.42 Å². The summed E-state index contributed by atoms with van der Waals surface area (Å²) in [6.45, 7) is 4.41. The molecule has 21 heavy (non-hydrogen) atoms. The van der Waals surface area contributed by atoms with E-state index in [0.717, 1.165) is 19.8 Å². The quantitative estimate of drug-likeness (QED) is 0.821. The first-order valence-corrected chi connectivity index (χ1v) is 9.45. The predicted octanol–water partition coefficient (Wildman–Crippen LogP) is 3.65. The number of sulfonamides is 1.